The van der Waals surface area contributed by atoms with Gasteiger partial charge in [-0.3, -0.25) is 0 Å². The monoisotopic (exact) mass is 354 g/mol. The summed E-state index contributed by atoms with van der Waals surface area (Å²) in [6.07, 6.45) is 0. The van der Waals surface area contributed by atoms with Gasteiger partial charge in [0, 0.05) is 4.47 Å². The lowest BCUT2D eigenvalue weighted by Gasteiger charge is -2.08. The van der Waals surface area contributed by atoms with Crippen LogP contribution < -0.4 is 9.47 Å². The average molecular weight is 355 g/mol. The molecule has 0 atom stereocenters. The molecule has 0 aromatic heterocycles. The van der Waals surface area contributed by atoms with Crippen LogP contribution in [0.25, 0.3) is 0 Å². The number of hydrogen-bond donors (Lipinski definition) is 0. The third kappa shape index (κ3) is 4.12. The predicted octanol–water partition coefficient (Wildman–Crippen LogP) is 5.82. The van der Waals surface area contributed by atoms with Crippen LogP contribution in [0.3, 0.4) is 0 Å². The Bertz CT molecular complexity index is 707. The smallest absolute Gasteiger partial charge is 0.127 e. The molecule has 0 saturated carbocycles. The Kier molecular flexibility index (Phi) is 4.76. The van der Waals surface area contributed by atoms with Crippen LogP contribution in [0.4, 0.5) is 0 Å². The highest BCUT2D eigenvalue weighted by Gasteiger charge is 1.99. The maximum atomic E-state index is 5.77. The molecule has 0 spiro atoms. The molecule has 0 fully saturated rings. The largest absolute Gasteiger partial charge is 0.489 e. The second kappa shape index (κ2) is 7.14. The van der Waals surface area contributed by atoms with Crippen molar-refractivity contribution in [2.45, 2.75) is 6.61 Å². The van der Waals surface area contributed by atoms with E-state index in [0.717, 1.165) is 27.3 Å². The lowest BCUT2D eigenvalue weighted by Crippen LogP contribution is -1.94. The normalized spacial score (nSPS) is 10.2. The topological polar surface area (TPSA) is 18.5 Å². The Morgan fingerprint density at radius 3 is 1.82 bits per heavy atom. The van der Waals surface area contributed by atoms with Gasteiger partial charge in [0.15, 0.2) is 0 Å². The summed E-state index contributed by atoms with van der Waals surface area (Å²) < 4.78 is 12.6. The molecule has 3 aromatic carbocycles. The number of benzene rings is 3. The minimum atomic E-state index is 0.563. The van der Waals surface area contributed by atoms with E-state index in [0.29, 0.717) is 6.61 Å². The molecule has 0 heterocycles. The van der Waals surface area contributed by atoms with Crippen molar-refractivity contribution < 1.29 is 9.47 Å². The molecule has 0 aliphatic heterocycles. The molecular weight excluding hydrogens is 340 g/mol. The summed E-state index contributed by atoms with van der Waals surface area (Å²) in [4.78, 5) is 0. The van der Waals surface area contributed by atoms with Gasteiger partial charge in [0.1, 0.15) is 23.9 Å². The van der Waals surface area contributed by atoms with Crippen LogP contribution in [0, 0.1) is 0 Å². The molecule has 0 amide bonds. The van der Waals surface area contributed by atoms with E-state index in [-0.39, 0.29) is 0 Å². The van der Waals surface area contributed by atoms with E-state index in [9.17, 15) is 0 Å². The summed E-state index contributed by atoms with van der Waals surface area (Å²) in [5.41, 5.74) is 1.15. The van der Waals surface area contributed by atoms with Gasteiger partial charge in [-0.15, -0.1) is 0 Å². The van der Waals surface area contributed by atoms with Gasteiger partial charge in [-0.25, -0.2) is 0 Å². The fourth-order valence-electron chi connectivity index (χ4n) is 1.98. The molecule has 0 aliphatic rings. The zero-order chi connectivity index (χ0) is 15.2. The summed E-state index contributed by atoms with van der Waals surface area (Å²) in [5.74, 6) is 2.42. The van der Waals surface area contributed by atoms with Crippen LogP contribution in [-0.4, -0.2) is 0 Å². The van der Waals surface area contributed by atoms with Crippen molar-refractivity contribution in [3.05, 3.63) is 88.9 Å². The SMILES string of the molecule is Brc1ccc(Oc2ccc(OCc3ccccc3)cc2)cc1. The van der Waals surface area contributed by atoms with E-state index in [1.165, 1.54) is 0 Å². The first-order chi connectivity index (χ1) is 10.8. The minimum absolute atomic E-state index is 0.563. The lowest BCUT2D eigenvalue weighted by molar-refractivity contribution is 0.306. The predicted molar refractivity (Wildman–Crippen MR) is 91.4 cm³/mol. The minimum Gasteiger partial charge on any atom is -0.489 e. The third-order valence-electron chi connectivity index (χ3n) is 3.12. The summed E-state index contributed by atoms with van der Waals surface area (Å²) in [6, 6.07) is 25.5. The van der Waals surface area contributed by atoms with Gasteiger partial charge in [-0.2, -0.15) is 0 Å². The van der Waals surface area contributed by atoms with Crippen molar-refractivity contribution >= 4 is 15.9 Å². The first-order valence-corrected chi connectivity index (χ1v) is 7.79. The van der Waals surface area contributed by atoms with Crippen LogP contribution in [0.15, 0.2) is 83.3 Å². The van der Waals surface area contributed by atoms with Gasteiger partial charge < -0.3 is 9.47 Å². The highest BCUT2D eigenvalue weighted by Crippen LogP contribution is 2.25. The second-order valence-corrected chi connectivity index (χ2v) is 5.72. The zero-order valence-electron chi connectivity index (χ0n) is 11.9. The van der Waals surface area contributed by atoms with Gasteiger partial charge >= 0.3 is 0 Å². The van der Waals surface area contributed by atoms with Gasteiger partial charge in [-0.05, 0) is 54.1 Å². The molecule has 3 heteroatoms. The second-order valence-electron chi connectivity index (χ2n) is 4.80. The standard InChI is InChI=1S/C19H15BrO2/c20-16-6-8-18(9-7-16)22-19-12-10-17(11-13-19)21-14-15-4-2-1-3-5-15/h1-13H,14H2. The number of halogens is 1. The number of ether oxygens (including phenoxy) is 2. The molecule has 3 aromatic rings. The van der Waals surface area contributed by atoms with Crippen LogP contribution in [0.2, 0.25) is 0 Å². The van der Waals surface area contributed by atoms with Gasteiger partial charge in [0.25, 0.3) is 0 Å². The Balaban J connectivity index is 1.59. The fourth-order valence-corrected chi connectivity index (χ4v) is 2.25. The molecule has 0 aliphatic carbocycles. The summed E-state index contributed by atoms with van der Waals surface area (Å²) in [7, 11) is 0. The van der Waals surface area contributed by atoms with Gasteiger partial charge in [0.2, 0.25) is 0 Å². The number of hydrogen-bond acceptors (Lipinski definition) is 2. The first kappa shape index (κ1) is 14.7. The zero-order valence-corrected chi connectivity index (χ0v) is 13.5. The summed E-state index contributed by atoms with van der Waals surface area (Å²) >= 11 is 3.40. The lowest BCUT2D eigenvalue weighted by atomic mass is 10.2. The molecule has 0 saturated heterocycles. The van der Waals surface area contributed by atoms with Crippen LogP contribution in [0.1, 0.15) is 5.56 Å². The first-order valence-electron chi connectivity index (χ1n) is 7.00. The Hall–Kier alpha value is -2.26. The van der Waals surface area contributed by atoms with E-state index >= 15 is 0 Å². The fraction of sp³-hybridized carbons (Fsp3) is 0.0526. The van der Waals surface area contributed by atoms with Gasteiger partial charge in [0.05, 0.1) is 0 Å². The molecule has 0 radical (unpaired) electrons. The Labute approximate surface area is 138 Å². The molecule has 0 N–H and O–H groups in total. The average Bonchev–Trinajstić information content (AvgIpc) is 2.57. The van der Waals surface area contributed by atoms with E-state index in [1.54, 1.807) is 0 Å². The molecule has 0 unspecified atom stereocenters. The van der Waals surface area contributed by atoms with Crippen molar-refractivity contribution in [2.75, 3.05) is 0 Å². The van der Waals surface area contributed by atoms with Crippen molar-refractivity contribution in [2.24, 2.45) is 0 Å². The quantitative estimate of drug-likeness (QED) is 0.574. The van der Waals surface area contributed by atoms with Crippen molar-refractivity contribution in [3.8, 4) is 17.2 Å². The summed E-state index contributed by atoms with van der Waals surface area (Å²) in [5, 5.41) is 0. The third-order valence-corrected chi connectivity index (χ3v) is 3.65. The van der Waals surface area contributed by atoms with E-state index in [2.05, 4.69) is 15.9 Å². The van der Waals surface area contributed by atoms with Crippen molar-refractivity contribution in [3.63, 3.8) is 0 Å². The van der Waals surface area contributed by atoms with Crippen LogP contribution in [-0.2, 0) is 6.61 Å². The summed E-state index contributed by atoms with van der Waals surface area (Å²) in [6.45, 7) is 0.563. The molecule has 2 nitrogen and oxygen atoms in total. The maximum Gasteiger partial charge on any atom is 0.127 e. The Morgan fingerprint density at radius 2 is 1.18 bits per heavy atom. The Morgan fingerprint density at radius 1 is 0.636 bits per heavy atom. The molecular formula is C19H15BrO2. The van der Waals surface area contributed by atoms with Crippen LogP contribution in [0.5, 0.6) is 17.2 Å². The molecule has 0 bridgehead atoms. The molecule has 3 rings (SSSR count). The van der Waals surface area contributed by atoms with Crippen molar-refractivity contribution in [1.82, 2.24) is 0 Å². The maximum absolute atomic E-state index is 5.77. The highest BCUT2D eigenvalue weighted by molar-refractivity contribution is 9.10. The van der Waals surface area contributed by atoms with Crippen LogP contribution >= 0.6 is 15.9 Å². The number of rotatable bonds is 5. The van der Waals surface area contributed by atoms with E-state index in [4.69, 9.17) is 9.47 Å². The molecule has 110 valence electrons. The van der Waals surface area contributed by atoms with Crippen molar-refractivity contribution in [1.29, 1.82) is 0 Å². The highest BCUT2D eigenvalue weighted by atomic mass is 79.9. The molecule has 22 heavy (non-hydrogen) atoms. The van der Waals surface area contributed by atoms with Gasteiger partial charge in [-0.1, -0.05) is 46.3 Å². The van der Waals surface area contributed by atoms with E-state index in [1.807, 2.05) is 78.9 Å². The van der Waals surface area contributed by atoms with E-state index < -0.39 is 0 Å².